The predicted octanol–water partition coefficient (Wildman–Crippen LogP) is 2.78. The van der Waals surface area contributed by atoms with Crippen LogP contribution in [-0.2, 0) is 0 Å². The van der Waals surface area contributed by atoms with Crippen LogP contribution >= 0.6 is 0 Å². The zero-order valence-corrected chi connectivity index (χ0v) is 10.6. The molecule has 0 radical (unpaired) electrons. The molecule has 1 aromatic rings. The maximum Gasteiger partial charge on any atom is 0.146 e. The molecule has 2 atom stereocenters. The molecule has 0 amide bonds. The quantitative estimate of drug-likeness (QED) is 0.874. The molecule has 1 aromatic carbocycles. The first kappa shape index (κ1) is 12.4. The van der Waals surface area contributed by atoms with Crippen LogP contribution in [0, 0.1) is 11.2 Å². The number of hydrogen-bond acceptors (Lipinski definition) is 2. The van der Waals surface area contributed by atoms with E-state index in [1.165, 1.54) is 12.5 Å². The van der Waals surface area contributed by atoms with E-state index in [2.05, 4.69) is 6.92 Å². The van der Waals surface area contributed by atoms with Gasteiger partial charge in [0.2, 0.25) is 0 Å². The average Bonchev–Trinajstić information content (AvgIpc) is 2.59. The fraction of sp³-hybridized carbons (Fsp3) is 0.571. The van der Waals surface area contributed by atoms with E-state index < -0.39 is 0 Å². The Bertz CT molecular complexity index is 394. The van der Waals surface area contributed by atoms with Crippen molar-refractivity contribution < 1.29 is 4.39 Å². The Morgan fingerprint density at radius 2 is 2.18 bits per heavy atom. The van der Waals surface area contributed by atoms with Crippen molar-refractivity contribution in [3.8, 4) is 0 Å². The van der Waals surface area contributed by atoms with Crippen molar-refractivity contribution in [1.82, 2.24) is 0 Å². The molecule has 0 aromatic heterocycles. The molecule has 2 rings (SSSR count). The van der Waals surface area contributed by atoms with Crippen LogP contribution in [0.25, 0.3) is 0 Å². The summed E-state index contributed by atoms with van der Waals surface area (Å²) in [5, 5.41) is 0. The second-order valence-corrected chi connectivity index (χ2v) is 5.46. The number of para-hydroxylation sites is 1. The van der Waals surface area contributed by atoms with E-state index in [9.17, 15) is 4.39 Å². The molecule has 0 bridgehead atoms. The molecule has 1 aliphatic carbocycles. The molecule has 0 spiro atoms. The van der Waals surface area contributed by atoms with E-state index in [1.54, 1.807) is 6.07 Å². The van der Waals surface area contributed by atoms with Crippen LogP contribution in [0.15, 0.2) is 24.3 Å². The highest BCUT2D eigenvalue weighted by Gasteiger charge is 2.37. The van der Waals surface area contributed by atoms with Gasteiger partial charge in [0.1, 0.15) is 5.82 Å². The maximum atomic E-state index is 13.7. The molecule has 1 saturated carbocycles. The summed E-state index contributed by atoms with van der Waals surface area (Å²) in [6, 6.07) is 7.14. The van der Waals surface area contributed by atoms with Crippen molar-refractivity contribution >= 4 is 5.69 Å². The van der Waals surface area contributed by atoms with Crippen molar-refractivity contribution in [2.75, 3.05) is 18.5 Å². The lowest BCUT2D eigenvalue weighted by molar-refractivity contribution is 0.300. The Labute approximate surface area is 103 Å². The molecule has 2 unspecified atom stereocenters. The Balaban J connectivity index is 2.12. The number of hydrogen-bond donors (Lipinski definition) is 1. The average molecular weight is 236 g/mol. The van der Waals surface area contributed by atoms with Crippen LogP contribution in [-0.4, -0.2) is 19.6 Å². The Hall–Kier alpha value is -1.09. The van der Waals surface area contributed by atoms with Crippen LogP contribution in [0.3, 0.4) is 0 Å². The summed E-state index contributed by atoms with van der Waals surface area (Å²) in [5.41, 5.74) is 6.93. The zero-order valence-electron chi connectivity index (χ0n) is 10.6. The monoisotopic (exact) mass is 236 g/mol. The number of nitrogens with zero attached hydrogens (tertiary/aromatic N) is 1. The van der Waals surface area contributed by atoms with Gasteiger partial charge < -0.3 is 10.6 Å². The van der Waals surface area contributed by atoms with Gasteiger partial charge in [-0.2, -0.15) is 0 Å². The van der Waals surface area contributed by atoms with Gasteiger partial charge in [-0.3, -0.25) is 0 Å². The summed E-state index contributed by atoms with van der Waals surface area (Å²) in [6.45, 7) is 3.02. The predicted molar refractivity (Wildman–Crippen MR) is 69.6 cm³/mol. The first-order valence-corrected chi connectivity index (χ1v) is 6.24. The molecular weight excluding hydrogens is 215 g/mol. The third kappa shape index (κ3) is 2.44. The van der Waals surface area contributed by atoms with Gasteiger partial charge in [-0.25, -0.2) is 4.39 Å². The first-order valence-electron chi connectivity index (χ1n) is 6.24. The number of anilines is 1. The smallest absolute Gasteiger partial charge is 0.146 e. The molecule has 2 N–H and O–H groups in total. The lowest BCUT2D eigenvalue weighted by Gasteiger charge is -2.34. The Morgan fingerprint density at radius 1 is 1.47 bits per heavy atom. The van der Waals surface area contributed by atoms with Crippen molar-refractivity contribution in [2.24, 2.45) is 11.1 Å². The topological polar surface area (TPSA) is 29.3 Å². The van der Waals surface area contributed by atoms with E-state index in [0.717, 1.165) is 19.4 Å². The lowest BCUT2D eigenvalue weighted by atomic mass is 9.84. The van der Waals surface area contributed by atoms with Crippen molar-refractivity contribution in [1.29, 1.82) is 0 Å². The van der Waals surface area contributed by atoms with Crippen LogP contribution < -0.4 is 10.6 Å². The minimum absolute atomic E-state index is 0.108. The molecule has 3 heteroatoms. The van der Waals surface area contributed by atoms with Gasteiger partial charge in [-0.05, 0) is 25.0 Å². The molecule has 94 valence electrons. The minimum Gasteiger partial charge on any atom is -0.372 e. The number of nitrogens with two attached hydrogens (primary N) is 1. The van der Waals surface area contributed by atoms with Crippen LogP contribution in [0.4, 0.5) is 10.1 Å². The Kier molecular flexibility index (Phi) is 3.38. The highest BCUT2D eigenvalue weighted by molar-refractivity contribution is 5.47. The third-order valence-corrected chi connectivity index (χ3v) is 4.02. The van der Waals surface area contributed by atoms with E-state index in [0.29, 0.717) is 5.69 Å². The molecule has 17 heavy (non-hydrogen) atoms. The van der Waals surface area contributed by atoms with Gasteiger partial charge in [0.05, 0.1) is 5.69 Å². The Morgan fingerprint density at radius 3 is 2.76 bits per heavy atom. The zero-order chi connectivity index (χ0) is 12.5. The SMILES string of the molecule is CN(CC1(C)CCCC1N)c1ccccc1F. The highest BCUT2D eigenvalue weighted by atomic mass is 19.1. The summed E-state index contributed by atoms with van der Waals surface area (Å²) < 4.78 is 13.7. The van der Waals surface area contributed by atoms with Gasteiger partial charge in [-0.1, -0.05) is 25.5 Å². The van der Waals surface area contributed by atoms with Crippen LogP contribution in [0.5, 0.6) is 0 Å². The fourth-order valence-electron chi connectivity index (χ4n) is 2.84. The van der Waals surface area contributed by atoms with Gasteiger partial charge in [0, 0.05) is 25.0 Å². The van der Waals surface area contributed by atoms with Gasteiger partial charge in [0.25, 0.3) is 0 Å². The third-order valence-electron chi connectivity index (χ3n) is 4.02. The summed E-state index contributed by atoms with van der Waals surface area (Å²) in [7, 11) is 1.94. The standard InChI is InChI=1S/C14H21FN2/c1-14(9-5-8-13(14)16)10-17(2)12-7-4-3-6-11(12)15/h3-4,6-7,13H,5,8-10,16H2,1-2H3. The summed E-state index contributed by atoms with van der Waals surface area (Å²) in [4.78, 5) is 1.99. The van der Waals surface area contributed by atoms with Gasteiger partial charge >= 0.3 is 0 Å². The molecular formula is C14H21FN2. The molecule has 0 heterocycles. The van der Waals surface area contributed by atoms with Crippen molar-refractivity contribution in [3.63, 3.8) is 0 Å². The van der Waals surface area contributed by atoms with Gasteiger partial charge in [0.15, 0.2) is 0 Å². The van der Waals surface area contributed by atoms with E-state index in [-0.39, 0.29) is 17.3 Å². The second kappa shape index (κ2) is 4.65. The van der Waals surface area contributed by atoms with Crippen LogP contribution in [0.2, 0.25) is 0 Å². The van der Waals surface area contributed by atoms with Crippen molar-refractivity contribution in [3.05, 3.63) is 30.1 Å². The molecule has 1 aliphatic rings. The molecule has 0 aliphatic heterocycles. The summed E-state index contributed by atoms with van der Waals surface area (Å²) >= 11 is 0. The fourth-order valence-corrected chi connectivity index (χ4v) is 2.84. The first-order chi connectivity index (χ1) is 8.03. The summed E-state index contributed by atoms with van der Waals surface area (Å²) in [5.74, 6) is -0.162. The molecule has 2 nitrogen and oxygen atoms in total. The highest BCUT2D eigenvalue weighted by Crippen LogP contribution is 2.38. The second-order valence-electron chi connectivity index (χ2n) is 5.46. The van der Waals surface area contributed by atoms with Gasteiger partial charge in [-0.15, -0.1) is 0 Å². The van der Waals surface area contributed by atoms with E-state index in [1.807, 2.05) is 24.1 Å². The summed E-state index contributed by atoms with van der Waals surface area (Å²) in [6.07, 6.45) is 3.40. The number of rotatable bonds is 3. The normalized spacial score (nSPS) is 28.4. The molecule has 1 fully saturated rings. The van der Waals surface area contributed by atoms with E-state index in [4.69, 9.17) is 5.73 Å². The molecule has 0 saturated heterocycles. The number of halogens is 1. The minimum atomic E-state index is -0.162. The number of benzene rings is 1. The van der Waals surface area contributed by atoms with Crippen molar-refractivity contribution in [2.45, 2.75) is 32.2 Å². The lowest BCUT2D eigenvalue weighted by Crippen LogP contribution is -2.43. The van der Waals surface area contributed by atoms with Crippen LogP contribution in [0.1, 0.15) is 26.2 Å². The maximum absolute atomic E-state index is 13.7. The largest absolute Gasteiger partial charge is 0.372 e. The van der Waals surface area contributed by atoms with E-state index >= 15 is 0 Å².